The van der Waals surface area contributed by atoms with Crippen LogP contribution in [0.25, 0.3) is 0 Å². The second-order valence-electron chi connectivity index (χ2n) is 4.27. The molecule has 0 aromatic carbocycles. The Labute approximate surface area is 115 Å². The zero-order valence-electron chi connectivity index (χ0n) is 10.9. The molecule has 1 fully saturated rings. The van der Waals surface area contributed by atoms with Gasteiger partial charge in [-0.2, -0.15) is 0 Å². The quantitative estimate of drug-likeness (QED) is 0.711. The molecule has 0 atom stereocenters. The SMILES string of the molecule is CCOC(=O)c1c(NC)sc(C(=O)NC2CC2)c1N. The predicted octanol–water partition coefficient (Wildman–Crippen LogP) is 1.44. The van der Waals surface area contributed by atoms with E-state index in [4.69, 9.17) is 10.5 Å². The molecule has 1 aromatic rings. The maximum Gasteiger partial charge on any atom is 0.343 e. The maximum absolute atomic E-state index is 12.0. The molecule has 1 aliphatic rings. The highest BCUT2D eigenvalue weighted by atomic mass is 32.1. The fraction of sp³-hybridized carbons (Fsp3) is 0.500. The molecule has 0 bridgehead atoms. The number of carbonyl (C=O) groups is 2. The van der Waals surface area contributed by atoms with Crippen LogP contribution in [0.3, 0.4) is 0 Å². The molecule has 7 heteroatoms. The summed E-state index contributed by atoms with van der Waals surface area (Å²) in [5.74, 6) is -0.733. The van der Waals surface area contributed by atoms with Gasteiger partial charge >= 0.3 is 5.97 Å². The van der Waals surface area contributed by atoms with Crippen LogP contribution in [0.15, 0.2) is 0 Å². The van der Waals surface area contributed by atoms with Gasteiger partial charge < -0.3 is 21.1 Å². The third kappa shape index (κ3) is 2.81. The molecule has 1 amide bonds. The largest absolute Gasteiger partial charge is 0.462 e. The van der Waals surface area contributed by atoms with Crippen molar-refractivity contribution < 1.29 is 14.3 Å². The first-order valence-electron chi connectivity index (χ1n) is 6.16. The van der Waals surface area contributed by atoms with Gasteiger partial charge in [-0.25, -0.2) is 4.79 Å². The Hall–Kier alpha value is -1.76. The van der Waals surface area contributed by atoms with Gasteiger partial charge in [-0.1, -0.05) is 0 Å². The molecule has 19 heavy (non-hydrogen) atoms. The lowest BCUT2D eigenvalue weighted by atomic mass is 10.2. The highest BCUT2D eigenvalue weighted by Crippen LogP contribution is 2.36. The van der Waals surface area contributed by atoms with Gasteiger partial charge in [-0.3, -0.25) is 4.79 Å². The lowest BCUT2D eigenvalue weighted by Crippen LogP contribution is -2.25. The van der Waals surface area contributed by atoms with Gasteiger partial charge in [0, 0.05) is 13.1 Å². The highest BCUT2D eigenvalue weighted by molar-refractivity contribution is 7.19. The standard InChI is InChI=1S/C12H17N3O3S/c1-3-18-12(17)7-8(13)9(19-11(7)14-2)10(16)15-6-4-5-6/h6,14H,3-5,13H2,1-2H3,(H,15,16). The molecule has 1 heterocycles. The summed E-state index contributed by atoms with van der Waals surface area (Å²) < 4.78 is 4.95. The number of rotatable bonds is 5. The molecule has 0 radical (unpaired) electrons. The van der Waals surface area contributed by atoms with Gasteiger partial charge in [-0.15, -0.1) is 11.3 Å². The van der Waals surface area contributed by atoms with Crippen LogP contribution < -0.4 is 16.4 Å². The molecule has 0 unspecified atom stereocenters. The van der Waals surface area contributed by atoms with E-state index in [0.29, 0.717) is 9.88 Å². The fourth-order valence-corrected chi connectivity index (χ4v) is 2.64. The summed E-state index contributed by atoms with van der Waals surface area (Å²) in [6.07, 6.45) is 2.00. The van der Waals surface area contributed by atoms with Crippen molar-refractivity contribution in [3.05, 3.63) is 10.4 Å². The van der Waals surface area contributed by atoms with Crippen LogP contribution >= 0.6 is 11.3 Å². The first kappa shape index (κ1) is 13.7. The van der Waals surface area contributed by atoms with E-state index >= 15 is 0 Å². The minimum absolute atomic E-state index is 0.186. The first-order valence-corrected chi connectivity index (χ1v) is 6.98. The van der Waals surface area contributed by atoms with E-state index in [1.165, 1.54) is 11.3 Å². The molecule has 0 saturated heterocycles. The summed E-state index contributed by atoms with van der Waals surface area (Å²) in [5, 5.41) is 6.29. The second-order valence-corrected chi connectivity index (χ2v) is 5.29. The molecule has 2 rings (SSSR count). The summed E-state index contributed by atoms with van der Waals surface area (Å²) in [4.78, 5) is 24.2. The number of amides is 1. The van der Waals surface area contributed by atoms with Gasteiger partial charge in [0.15, 0.2) is 0 Å². The number of esters is 1. The molecule has 1 aliphatic carbocycles. The van der Waals surface area contributed by atoms with Crippen molar-refractivity contribution in [2.24, 2.45) is 0 Å². The average Bonchev–Trinajstić information content (AvgIpc) is 3.11. The van der Waals surface area contributed by atoms with Gasteiger partial charge in [-0.05, 0) is 19.8 Å². The molecule has 6 nitrogen and oxygen atoms in total. The number of nitrogen functional groups attached to an aromatic ring is 1. The molecule has 1 saturated carbocycles. The normalized spacial score (nSPS) is 14.0. The van der Waals surface area contributed by atoms with E-state index in [-0.39, 0.29) is 29.8 Å². The third-order valence-electron chi connectivity index (χ3n) is 2.77. The Morgan fingerprint density at radius 3 is 2.68 bits per heavy atom. The first-order chi connectivity index (χ1) is 9.08. The number of ether oxygens (including phenoxy) is 1. The van der Waals surface area contributed by atoms with Crippen molar-refractivity contribution >= 4 is 33.9 Å². The van der Waals surface area contributed by atoms with Crippen LogP contribution in [-0.4, -0.2) is 31.6 Å². The lowest BCUT2D eigenvalue weighted by Gasteiger charge is -2.04. The number of thiophene rings is 1. The van der Waals surface area contributed by atoms with Gasteiger partial charge in [0.25, 0.3) is 5.91 Å². The van der Waals surface area contributed by atoms with Crippen LogP contribution in [0.1, 0.15) is 39.8 Å². The maximum atomic E-state index is 12.0. The zero-order chi connectivity index (χ0) is 14.0. The Kier molecular flexibility index (Phi) is 3.94. The molecule has 4 N–H and O–H groups in total. The van der Waals surface area contributed by atoms with E-state index in [2.05, 4.69) is 10.6 Å². The smallest absolute Gasteiger partial charge is 0.343 e. The molecular weight excluding hydrogens is 266 g/mol. The molecular formula is C12H17N3O3S. The van der Waals surface area contributed by atoms with Gasteiger partial charge in [0.2, 0.25) is 0 Å². The summed E-state index contributed by atoms with van der Waals surface area (Å²) in [6.45, 7) is 1.99. The van der Waals surface area contributed by atoms with E-state index < -0.39 is 5.97 Å². The summed E-state index contributed by atoms with van der Waals surface area (Å²) in [7, 11) is 1.68. The van der Waals surface area contributed by atoms with E-state index in [1.807, 2.05) is 0 Å². The highest BCUT2D eigenvalue weighted by Gasteiger charge is 2.29. The van der Waals surface area contributed by atoms with Gasteiger partial charge in [0.05, 0.1) is 12.3 Å². The summed E-state index contributed by atoms with van der Waals surface area (Å²) in [6, 6.07) is 0.248. The van der Waals surface area contributed by atoms with Crippen molar-refractivity contribution in [3.8, 4) is 0 Å². The van der Waals surface area contributed by atoms with E-state index in [1.54, 1.807) is 14.0 Å². The van der Waals surface area contributed by atoms with Crippen molar-refractivity contribution in [1.82, 2.24) is 5.32 Å². The minimum Gasteiger partial charge on any atom is -0.462 e. The Balaban J connectivity index is 2.29. The number of carbonyl (C=O) groups excluding carboxylic acids is 2. The minimum atomic E-state index is -0.508. The predicted molar refractivity (Wildman–Crippen MR) is 74.7 cm³/mol. The number of nitrogens with two attached hydrogens (primary N) is 1. The zero-order valence-corrected chi connectivity index (χ0v) is 11.7. The van der Waals surface area contributed by atoms with E-state index in [0.717, 1.165) is 12.8 Å². The van der Waals surface area contributed by atoms with E-state index in [9.17, 15) is 9.59 Å². The number of hydrogen-bond acceptors (Lipinski definition) is 6. The van der Waals surface area contributed by atoms with Crippen molar-refractivity contribution in [1.29, 1.82) is 0 Å². The fourth-order valence-electron chi connectivity index (χ4n) is 1.67. The monoisotopic (exact) mass is 283 g/mol. The van der Waals surface area contributed by atoms with Crippen LogP contribution in [0.5, 0.6) is 0 Å². The van der Waals surface area contributed by atoms with Crippen LogP contribution in [0.2, 0.25) is 0 Å². The molecule has 0 spiro atoms. The van der Waals surface area contributed by atoms with Crippen LogP contribution in [-0.2, 0) is 4.74 Å². The van der Waals surface area contributed by atoms with Crippen LogP contribution in [0.4, 0.5) is 10.7 Å². The van der Waals surface area contributed by atoms with Crippen molar-refractivity contribution in [3.63, 3.8) is 0 Å². The number of hydrogen-bond donors (Lipinski definition) is 3. The summed E-state index contributed by atoms with van der Waals surface area (Å²) >= 11 is 1.17. The second kappa shape index (κ2) is 5.48. The van der Waals surface area contributed by atoms with Crippen molar-refractivity contribution in [2.45, 2.75) is 25.8 Å². The van der Waals surface area contributed by atoms with Crippen molar-refractivity contribution in [2.75, 3.05) is 24.7 Å². The molecule has 104 valence electrons. The molecule has 1 aromatic heterocycles. The molecule has 0 aliphatic heterocycles. The third-order valence-corrected chi connectivity index (χ3v) is 3.99. The lowest BCUT2D eigenvalue weighted by molar-refractivity contribution is 0.0529. The van der Waals surface area contributed by atoms with Crippen LogP contribution in [0, 0.1) is 0 Å². The Morgan fingerprint density at radius 1 is 1.47 bits per heavy atom. The number of anilines is 2. The topological polar surface area (TPSA) is 93.4 Å². The average molecular weight is 283 g/mol. The number of nitrogens with one attached hydrogen (secondary N) is 2. The Bertz CT molecular complexity index is 509. The Morgan fingerprint density at radius 2 is 2.16 bits per heavy atom. The summed E-state index contributed by atoms with van der Waals surface area (Å²) in [5.41, 5.74) is 6.35. The van der Waals surface area contributed by atoms with Gasteiger partial charge in [0.1, 0.15) is 15.4 Å².